The van der Waals surface area contributed by atoms with Crippen LogP contribution >= 0.6 is 22.7 Å². The fourth-order valence-electron chi connectivity index (χ4n) is 2.70. The third-order valence-corrected chi connectivity index (χ3v) is 5.99. The lowest BCUT2D eigenvalue weighted by Crippen LogP contribution is -2.22. The molecule has 4 aromatic rings. The monoisotopic (exact) mass is 406 g/mol. The average Bonchev–Trinajstić information content (AvgIpc) is 3.37. The molecule has 0 aliphatic carbocycles. The molecule has 0 saturated heterocycles. The molecule has 3 heterocycles. The van der Waals surface area contributed by atoms with Crippen molar-refractivity contribution in [1.82, 2.24) is 20.3 Å². The van der Waals surface area contributed by atoms with Gasteiger partial charge in [-0.1, -0.05) is 12.1 Å². The normalized spacial score (nSPS) is 11.3. The quantitative estimate of drug-likeness (QED) is 0.360. The molecule has 140 valence electrons. The average molecular weight is 407 g/mol. The summed E-state index contributed by atoms with van der Waals surface area (Å²) < 4.78 is 1.12. The molecule has 28 heavy (non-hydrogen) atoms. The van der Waals surface area contributed by atoms with Crippen molar-refractivity contribution in [2.45, 2.75) is 12.8 Å². The summed E-state index contributed by atoms with van der Waals surface area (Å²) in [5, 5.41) is 6.89. The number of carbonyl (C=O) groups excluding carboxylic acids is 1. The molecule has 1 amide bonds. The maximum absolute atomic E-state index is 12.0. The molecule has 3 aromatic heterocycles. The highest BCUT2D eigenvalue weighted by Crippen LogP contribution is 2.23. The van der Waals surface area contributed by atoms with Crippen LogP contribution in [0.1, 0.15) is 16.4 Å². The molecule has 0 unspecified atom stereocenters. The van der Waals surface area contributed by atoms with Crippen molar-refractivity contribution in [3.05, 3.63) is 70.3 Å². The van der Waals surface area contributed by atoms with Crippen LogP contribution in [0.5, 0.6) is 0 Å². The second kappa shape index (κ2) is 8.86. The Morgan fingerprint density at radius 2 is 1.96 bits per heavy atom. The number of para-hydroxylation sites is 1. The van der Waals surface area contributed by atoms with Gasteiger partial charge in [0.15, 0.2) is 0 Å². The summed E-state index contributed by atoms with van der Waals surface area (Å²) in [5.41, 5.74) is 3.01. The molecule has 5 nitrogen and oxygen atoms in total. The van der Waals surface area contributed by atoms with Crippen molar-refractivity contribution in [3.63, 3.8) is 0 Å². The number of hydrogen-bond donors (Lipinski definition) is 1. The van der Waals surface area contributed by atoms with Crippen LogP contribution in [-0.4, -0.2) is 27.4 Å². The van der Waals surface area contributed by atoms with Gasteiger partial charge in [-0.05, 0) is 36.8 Å². The van der Waals surface area contributed by atoms with E-state index in [-0.39, 0.29) is 5.91 Å². The molecular weight excluding hydrogens is 388 g/mol. The molecule has 0 radical (unpaired) electrons. The van der Waals surface area contributed by atoms with Gasteiger partial charge >= 0.3 is 0 Å². The minimum absolute atomic E-state index is 0.101. The van der Waals surface area contributed by atoms with Gasteiger partial charge in [0, 0.05) is 42.4 Å². The minimum Gasteiger partial charge on any atom is -0.353 e. The van der Waals surface area contributed by atoms with Gasteiger partial charge in [-0.25, -0.2) is 9.97 Å². The Bertz CT molecular complexity index is 1070. The summed E-state index contributed by atoms with van der Waals surface area (Å²) in [5.74, 6) is -0.101. The Balaban J connectivity index is 1.23. The van der Waals surface area contributed by atoms with Crippen LogP contribution in [0.4, 0.5) is 0 Å². The number of aryl methyl sites for hydroxylation is 1. The molecule has 0 aliphatic rings. The molecule has 0 fully saturated rings. The largest absolute Gasteiger partial charge is 0.353 e. The molecule has 0 atom stereocenters. The van der Waals surface area contributed by atoms with Crippen LogP contribution in [0.15, 0.2) is 60.2 Å². The van der Waals surface area contributed by atoms with Crippen LogP contribution in [-0.2, 0) is 11.2 Å². The summed E-state index contributed by atoms with van der Waals surface area (Å²) in [7, 11) is 0. The third-order valence-electron chi connectivity index (χ3n) is 4.08. The van der Waals surface area contributed by atoms with Gasteiger partial charge in [0.2, 0.25) is 5.91 Å². The molecular formula is C21H18N4OS2. The number of benzene rings is 1. The van der Waals surface area contributed by atoms with E-state index in [1.54, 1.807) is 47.2 Å². The van der Waals surface area contributed by atoms with Gasteiger partial charge in [-0.2, -0.15) is 0 Å². The molecule has 0 aliphatic heterocycles. The van der Waals surface area contributed by atoms with Gasteiger partial charge in [0.1, 0.15) is 5.01 Å². The Labute approximate surface area is 170 Å². The van der Waals surface area contributed by atoms with Crippen molar-refractivity contribution in [3.8, 4) is 11.3 Å². The zero-order chi connectivity index (χ0) is 19.2. The summed E-state index contributed by atoms with van der Waals surface area (Å²) >= 11 is 3.22. The lowest BCUT2D eigenvalue weighted by Gasteiger charge is -2.00. The topological polar surface area (TPSA) is 67.8 Å². The summed E-state index contributed by atoms with van der Waals surface area (Å²) in [6.45, 7) is 0.618. The highest BCUT2D eigenvalue weighted by molar-refractivity contribution is 7.19. The number of nitrogens with one attached hydrogen (secondary N) is 1. The lowest BCUT2D eigenvalue weighted by atomic mass is 10.2. The van der Waals surface area contributed by atoms with E-state index in [1.807, 2.05) is 36.4 Å². The number of hydrogen-bond acceptors (Lipinski definition) is 6. The van der Waals surface area contributed by atoms with Crippen molar-refractivity contribution in [2.24, 2.45) is 0 Å². The zero-order valence-electron chi connectivity index (χ0n) is 15.0. The van der Waals surface area contributed by atoms with E-state index in [1.165, 1.54) is 0 Å². The predicted octanol–water partition coefficient (Wildman–Crippen LogP) is 4.58. The molecule has 0 saturated carbocycles. The van der Waals surface area contributed by atoms with Crippen molar-refractivity contribution < 1.29 is 4.79 Å². The summed E-state index contributed by atoms with van der Waals surface area (Å²) in [4.78, 5) is 25.2. The zero-order valence-corrected chi connectivity index (χ0v) is 16.7. The van der Waals surface area contributed by atoms with Crippen molar-refractivity contribution in [1.29, 1.82) is 0 Å². The Morgan fingerprint density at radius 1 is 1.11 bits per heavy atom. The Morgan fingerprint density at radius 3 is 2.82 bits per heavy atom. The van der Waals surface area contributed by atoms with Gasteiger partial charge in [0.05, 0.1) is 20.9 Å². The van der Waals surface area contributed by atoms with Gasteiger partial charge in [-0.3, -0.25) is 9.78 Å². The first-order valence-electron chi connectivity index (χ1n) is 8.94. The highest BCUT2D eigenvalue weighted by atomic mass is 32.1. The van der Waals surface area contributed by atoms with Crippen LogP contribution in [0.3, 0.4) is 0 Å². The van der Waals surface area contributed by atoms with E-state index in [0.717, 1.165) is 44.3 Å². The summed E-state index contributed by atoms with van der Waals surface area (Å²) in [6, 6.07) is 11.9. The van der Waals surface area contributed by atoms with Crippen LogP contribution in [0.2, 0.25) is 0 Å². The number of amides is 1. The first-order chi connectivity index (χ1) is 13.8. The highest BCUT2D eigenvalue weighted by Gasteiger charge is 2.05. The molecule has 0 spiro atoms. The molecule has 7 heteroatoms. The predicted molar refractivity (Wildman–Crippen MR) is 115 cm³/mol. The Kier molecular flexibility index (Phi) is 5.84. The van der Waals surface area contributed by atoms with E-state index in [4.69, 9.17) is 0 Å². The van der Waals surface area contributed by atoms with Crippen LogP contribution in [0, 0.1) is 0 Å². The number of aromatic nitrogens is 3. The second-order valence-corrected chi connectivity index (χ2v) is 8.11. The van der Waals surface area contributed by atoms with Crippen LogP contribution in [0.25, 0.3) is 27.6 Å². The van der Waals surface area contributed by atoms with Gasteiger partial charge in [0.25, 0.3) is 0 Å². The van der Waals surface area contributed by atoms with E-state index in [2.05, 4.69) is 25.6 Å². The minimum atomic E-state index is -0.101. The Hall–Kier alpha value is -2.90. The van der Waals surface area contributed by atoms with Gasteiger partial charge in [-0.15, -0.1) is 22.7 Å². The molecule has 0 bridgehead atoms. The number of carbonyl (C=O) groups is 1. The second-order valence-electron chi connectivity index (χ2n) is 6.11. The maximum Gasteiger partial charge on any atom is 0.244 e. The van der Waals surface area contributed by atoms with Crippen molar-refractivity contribution in [2.75, 3.05) is 6.54 Å². The summed E-state index contributed by atoms with van der Waals surface area (Å²) in [6.07, 6.45) is 8.55. The van der Waals surface area contributed by atoms with E-state index in [9.17, 15) is 4.79 Å². The van der Waals surface area contributed by atoms with Gasteiger partial charge < -0.3 is 5.32 Å². The lowest BCUT2D eigenvalue weighted by molar-refractivity contribution is -0.116. The standard InChI is InChI=1S/C21H18N4OS2/c26-19(7-8-21-24-16-4-1-2-5-18(16)28-21)23-11-3-6-20-25-17(14-27-20)15-9-12-22-13-10-15/h1-2,4-5,7-10,12-14H,3,6,11H2,(H,23,26). The molecule has 1 N–H and O–H groups in total. The number of pyridine rings is 1. The fraction of sp³-hybridized carbons (Fsp3) is 0.143. The fourth-order valence-corrected chi connectivity index (χ4v) is 4.42. The molecule has 4 rings (SSSR count). The van der Waals surface area contributed by atoms with E-state index >= 15 is 0 Å². The number of thiazole rings is 2. The maximum atomic E-state index is 12.0. The van der Waals surface area contributed by atoms with Crippen molar-refractivity contribution >= 4 is 44.9 Å². The first-order valence-corrected chi connectivity index (χ1v) is 10.6. The number of nitrogens with zero attached hydrogens (tertiary/aromatic N) is 3. The SMILES string of the molecule is O=C(C=Cc1nc2ccccc2s1)NCCCc1nc(-c2ccncc2)cs1. The smallest absolute Gasteiger partial charge is 0.244 e. The molecule has 1 aromatic carbocycles. The van der Waals surface area contributed by atoms with Crippen LogP contribution < -0.4 is 5.32 Å². The van der Waals surface area contributed by atoms with E-state index in [0.29, 0.717) is 6.54 Å². The third kappa shape index (κ3) is 4.68. The van der Waals surface area contributed by atoms with E-state index < -0.39 is 0 Å². The first kappa shape index (κ1) is 18.5. The number of fused-ring (bicyclic) bond motifs is 1. The number of rotatable bonds is 7.